The first-order valence-electron chi connectivity index (χ1n) is 2.59. The van der Waals surface area contributed by atoms with Gasteiger partial charge in [-0.1, -0.05) is 58.0 Å². The standard InChI is InChI=1S/C5H8I2/c6-5(7)3-1-2-4-5/h1-4H2. The van der Waals surface area contributed by atoms with Crippen molar-refractivity contribution in [1.82, 2.24) is 0 Å². The minimum Gasteiger partial charge on any atom is -0.0672 e. The van der Waals surface area contributed by atoms with Gasteiger partial charge in [-0.3, -0.25) is 0 Å². The molecule has 0 heterocycles. The van der Waals surface area contributed by atoms with Gasteiger partial charge in [-0.15, -0.1) is 0 Å². The Bertz CT molecular complexity index is 60.5. The molecule has 1 aliphatic rings. The van der Waals surface area contributed by atoms with Crippen LogP contribution in [0.1, 0.15) is 25.7 Å². The van der Waals surface area contributed by atoms with Crippen LogP contribution in [0.5, 0.6) is 0 Å². The molecule has 42 valence electrons. The normalized spacial score (nSPS) is 28.3. The van der Waals surface area contributed by atoms with Crippen molar-refractivity contribution in [3.63, 3.8) is 0 Å². The average Bonchev–Trinajstić information content (AvgIpc) is 1.84. The van der Waals surface area contributed by atoms with Crippen molar-refractivity contribution in [2.24, 2.45) is 0 Å². The highest BCUT2D eigenvalue weighted by Crippen LogP contribution is 2.43. The lowest BCUT2D eigenvalue weighted by Crippen LogP contribution is -2.00. The Balaban J connectivity index is 2.40. The molecule has 0 spiro atoms. The fourth-order valence-electron chi connectivity index (χ4n) is 0.892. The number of hydrogen-bond acceptors (Lipinski definition) is 0. The van der Waals surface area contributed by atoms with Crippen molar-refractivity contribution in [3.8, 4) is 0 Å². The Morgan fingerprint density at radius 1 is 1.00 bits per heavy atom. The van der Waals surface area contributed by atoms with Gasteiger partial charge in [-0.25, -0.2) is 0 Å². The molecule has 0 radical (unpaired) electrons. The van der Waals surface area contributed by atoms with E-state index >= 15 is 0 Å². The Kier molecular flexibility index (Phi) is 2.23. The Labute approximate surface area is 71.7 Å². The second kappa shape index (κ2) is 2.37. The summed E-state index contributed by atoms with van der Waals surface area (Å²) < 4.78 is 0.634. The summed E-state index contributed by atoms with van der Waals surface area (Å²) in [6, 6.07) is 0. The van der Waals surface area contributed by atoms with Crippen LogP contribution in [-0.4, -0.2) is 1.43 Å². The van der Waals surface area contributed by atoms with Crippen molar-refractivity contribution in [2.45, 2.75) is 27.1 Å². The third-order valence-electron chi connectivity index (χ3n) is 1.34. The van der Waals surface area contributed by atoms with Crippen molar-refractivity contribution >= 4 is 45.2 Å². The Hall–Kier alpha value is 1.46. The number of hydrogen-bond donors (Lipinski definition) is 0. The smallest absolute Gasteiger partial charge is 0.0672 e. The Morgan fingerprint density at radius 2 is 1.43 bits per heavy atom. The fraction of sp³-hybridized carbons (Fsp3) is 1.00. The Morgan fingerprint density at radius 3 is 1.57 bits per heavy atom. The van der Waals surface area contributed by atoms with E-state index in [1.54, 1.807) is 0 Å². The summed E-state index contributed by atoms with van der Waals surface area (Å²) in [5.74, 6) is 0. The molecule has 1 aliphatic carbocycles. The molecule has 0 aromatic heterocycles. The SMILES string of the molecule is IC1(I)CCCC1. The summed E-state index contributed by atoms with van der Waals surface area (Å²) in [5.41, 5.74) is 0. The first-order chi connectivity index (χ1) is 3.21. The van der Waals surface area contributed by atoms with Gasteiger partial charge >= 0.3 is 0 Å². The number of halogens is 2. The molecule has 1 rings (SSSR count). The van der Waals surface area contributed by atoms with E-state index in [0.29, 0.717) is 1.43 Å². The largest absolute Gasteiger partial charge is 0.0734 e. The highest BCUT2D eigenvalue weighted by atomic mass is 127. The van der Waals surface area contributed by atoms with Gasteiger partial charge in [0.1, 0.15) is 0 Å². The summed E-state index contributed by atoms with van der Waals surface area (Å²) in [6.07, 6.45) is 5.75. The molecule has 1 saturated carbocycles. The van der Waals surface area contributed by atoms with E-state index in [1.807, 2.05) is 0 Å². The lowest BCUT2D eigenvalue weighted by Gasteiger charge is -2.08. The quantitative estimate of drug-likeness (QED) is 0.475. The molecule has 0 amide bonds. The zero-order valence-corrected chi connectivity index (χ0v) is 8.40. The molecule has 0 aromatic rings. The fourth-order valence-corrected chi connectivity index (χ4v) is 2.42. The van der Waals surface area contributed by atoms with E-state index in [9.17, 15) is 0 Å². The summed E-state index contributed by atoms with van der Waals surface area (Å²) >= 11 is 5.11. The predicted molar refractivity (Wildman–Crippen MR) is 49.2 cm³/mol. The van der Waals surface area contributed by atoms with Gasteiger partial charge < -0.3 is 0 Å². The van der Waals surface area contributed by atoms with Crippen molar-refractivity contribution in [1.29, 1.82) is 0 Å². The van der Waals surface area contributed by atoms with Crippen LogP contribution >= 0.6 is 45.2 Å². The minimum atomic E-state index is 0.634. The summed E-state index contributed by atoms with van der Waals surface area (Å²) in [6.45, 7) is 0. The van der Waals surface area contributed by atoms with Gasteiger partial charge in [-0.05, 0) is 12.8 Å². The highest BCUT2D eigenvalue weighted by molar-refractivity contribution is 14.2. The van der Waals surface area contributed by atoms with Gasteiger partial charge in [-0.2, -0.15) is 0 Å². The molecular formula is C5H8I2. The van der Waals surface area contributed by atoms with Crippen LogP contribution in [-0.2, 0) is 0 Å². The molecule has 0 bridgehead atoms. The van der Waals surface area contributed by atoms with E-state index in [2.05, 4.69) is 45.2 Å². The van der Waals surface area contributed by atoms with Crippen LogP contribution in [0.15, 0.2) is 0 Å². The second-order valence-electron chi connectivity index (χ2n) is 2.06. The summed E-state index contributed by atoms with van der Waals surface area (Å²) in [4.78, 5) is 0. The topological polar surface area (TPSA) is 0 Å². The molecule has 0 aliphatic heterocycles. The molecule has 0 N–H and O–H groups in total. The molecule has 0 saturated heterocycles. The van der Waals surface area contributed by atoms with Crippen LogP contribution in [0.4, 0.5) is 0 Å². The molecule has 7 heavy (non-hydrogen) atoms. The molecule has 0 aromatic carbocycles. The maximum absolute atomic E-state index is 2.55. The third-order valence-corrected chi connectivity index (χ3v) is 3.49. The van der Waals surface area contributed by atoms with Crippen molar-refractivity contribution in [2.75, 3.05) is 0 Å². The minimum absolute atomic E-state index is 0.634. The maximum Gasteiger partial charge on any atom is 0.0734 e. The van der Waals surface area contributed by atoms with Gasteiger partial charge in [0.2, 0.25) is 0 Å². The predicted octanol–water partition coefficient (Wildman–Crippen LogP) is 3.13. The first kappa shape index (κ1) is 6.58. The molecular weight excluding hydrogens is 314 g/mol. The highest BCUT2D eigenvalue weighted by Gasteiger charge is 2.26. The van der Waals surface area contributed by atoms with Crippen LogP contribution in [0.3, 0.4) is 0 Å². The lowest BCUT2D eigenvalue weighted by molar-refractivity contribution is 0.886. The van der Waals surface area contributed by atoms with Crippen LogP contribution in [0.2, 0.25) is 0 Å². The number of rotatable bonds is 0. The lowest BCUT2D eigenvalue weighted by atomic mass is 10.4. The second-order valence-corrected chi connectivity index (χ2v) is 8.26. The van der Waals surface area contributed by atoms with Crippen molar-refractivity contribution in [3.05, 3.63) is 0 Å². The van der Waals surface area contributed by atoms with Gasteiger partial charge in [0.25, 0.3) is 0 Å². The van der Waals surface area contributed by atoms with E-state index in [0.717, 1.165) is 0 Å². The van der Waals surface area contributed by atoms with Crippen LogP contribution < -0.4 is 0 Å². The number of alkyl halides is 2. The molecule has 0 unspecified atom stereocenters. The van der Waals surface area contributed by atoms with E-state index in [-0.39, 0.29) is 0 Å². The van der Waals surface area contributed by atoms with E-state index < -0.39 is 0 Å². The van der Waals surface area contributed by atoms with E-state index in [4.69, 9.17) is 0 Å². The first-order valence-corrected chi connectivity index (χ1v) is 4.74. The summed E-state index contributed by atoms with van der Waals surface area (Å²) in [7, 11) is 0. The van der Waals surface area contributed by atoms with Gasteiger partial charge in [0, 0.05) is 0 Å². The molecule has 1 fully saturated rings. The molecule has 2 heteroatoms. The van der Waals surface area contributed by atoms with Crippen molar-refractivity contribution < 1.29 is 0 Å². The zero-order valence-electron chi connectivity index (χ0n) is 4.08. The molecule has 0 atom stereocenters. The summed E-state index contributed by atoms with van der Waals surface area (Å²) in [5, 5.41) is 0. The maximum atomic E-state index is 2.55. The van der Waals surface area contributed by atoms with Gasteiger partial charge in [0.05, 0.1) is 1.43 Å². The van der Waals surface area contributed by atoms with Gasteiger partial charge in [0.15, 0.2) is 0 Å². The third kappa shape index (κ3) is 2.03. The average molecular weight is 322 g/mol. The van der Waals surface area contributed by atoms with Crippen LogP contribution in [0, 0.1) is 0 Å². The van der Waals surface area contributed by atoms with Crippen LogP contribution in [0.25, 0.3) is 0 Å². The molecule has 0 nitrogen and oxygen atoms in total. The van der Waals surface area contributed by atoms with E-state index in [1.165, 1.54) is 25.7 Å². The zero-order chi connectivity index (χ0) is 5.33. The monoisotopic (exact) mass is 322 g/mol.